The summed E-state index contributed by atoms with van der Waals surface area (Å²) in [6, 6.07) is 22.1. The van der Waals surface area contributed by atoms with Crippen LogP contribution in [0.2, 0.25) is 5.32 Å². The van der Waals surface area contributed by atoms with Crippen LogP contribution in [0, 0.1) is 5.41 Å². The Balaban J connectivity index is 1.65. The fourth-order valence-corrected chi connectivity index (χ4v) is 5.24. The first-order valence-electron chi connectivity index (χ1n) is 7.89. The van der Waals surface area contributed by atoms with Gasteiger partial charge in [-0.2, -0.15) is 0 Å². The van der Waals surface area contributed by atoms with E-state index in [1.54, 1.807) is 0 Å². The Morgan fingerprint density at radius 3 is 2.36 bits per heavy atom. The van der Waals surface area contributed by atoms with Gasteiger partial charge in [0.1, 0.15) is 0 Å². The van der Waals surface area contributed by atoms with E-state index in [2.05, 4.69) is 84.9 Å². The molecule has 1 atom stereocenters. The van der Waals surface area contributed by atoms with Crippen LogP contribution in [0.25, 0.3) is 0 Å². The summed E-state index contributed by atoms with van der Waals surface area (Å²) in [5, 5.41) is 3.72. The average Bonchev–Trinajstić information content (AvgIpc) is 2.81. The Bertz CT molecular complexity index is 583. The van der Waals surface area contributed by atoms with Gasteiger partial charge < -0.3 is 0 Å². The first-order chi connectivity index (χ1) is 10.6. The Morgan fingerprint density at radius 2 is 1.68 bits per heavy atom. The van der Waals surface area contributed by atoms with E-state index in [0.717, 1.165) is 6.54 Å². The van der Waals surface area contributed by atoms with Crippen LogP contribution < -0.4 is 9.89 Å². The van der Waals surface area contributed by atoms with E-state index >= 15 is 0 Å². The average molecular weight is 359 g/mol. The first kappa shape index (κ1) is 15.6. The molecule has 0 spiro atoms. The quantitative estimate of drug-likeness (QED) is 0.822. The van der Waals surface area contributed by atoms with E-state index in [0.29, 0.717) is 26.4 Å². The summed E-state index contributed by atoms with van der Waals surface area (Å²) in [6.07, 6.45) is 1.27. The van der Waals surface area contributed by atoms with Crippen molar-refractivity contribution in [3.05, 3.63) is 60.7 Å². The van der Waals surface area contributed by atoms with Crippen LogP contribution in [-0.2, 0) is 0 Å². The van der Waals surface area contributed by atoms with Crippen LogP contribution in [0.3, 0.4) is 0 Å². The second-order valence-electron chi connectivity index (χ2n) is 6.75. The Labute approximate surface area is 140 Å². The zero-order valence-corrected chi connectivity index (χ0v) is 15.0. The minimum atomic E-state index is 0.388. The number of anilines is 1. The van der Waals surface area contributed by atoms with Crippen molar-refractivity contribution in [1.82, 2.24) is 5.01 Å². The topological polar surface area (TPSA) is 15.3 Å². The van der Waals surface area contributed by atoms with Crippen molar-refractivity contribution in [1.29, 1.82) is 0 Å². The standard InChI is InChI=1S/C19H24N2Se/c1-19(2)13-17(14-22-18-11-7-4-8-12-18)21(15-19)20-16-9-5-3-6-10-16/h3-12,17,20H,13-15H2,1-2H3. The monoisotopic (exact) mass is 360 g/mol. The number of rotatable bonds is 5. The number of hydrogen-bond donors (Lipinski definition) is 1. The molecule has 0 saturated carbocycles. The molecule has 0 radical (unpaired) electrons. The molecule has 22 heavy (non-hydrogen) atoms. The third kappa shape index (κ3) is 4.13. The van der Waals surface area contributed by atoms with E-state index in [9.17, 15) is 0 Å². The zero-order valence-electron chi connectivity index (χ0n) is 13.3. The minimum absolute atomic E-state index is 0.388. The molecule has 1 heterocycles. The molecule has 116 valence electrons. The second kappa shape index (κ2) is 6.87. The molecule has 1 saturated heterocycles. The number of para-hydroxylation sites is 1. The Morgan fingerprint density at radius 1 is 1.05 bits per heavy atom. The molecule has 1 N–H and O–H groups in total. The third-order valence-electron chi connectivity index (χ3n) is 4.06. The van der Waals surface area contributed by atoms with Crippen LogP contribution in [0.4, 0.5) is 5.69 Å². The molecule has 1 aliphatic heterocycles. The van der Waals surface area contributed by atoms with Crippen molar-refractivity contribution in [2.45, 2.75) is 31.6 Å². The molecule has 1 aliphatic rings. The van der Waals surface area contributed by atoms with E-state index in [1.807, 2.05) is 0 Å². The van der Waals surface area contributed by atoms with Crippen LogP contribution in [0.15, 0.2) is 60.7 Å². The molecule has 1 unspecified atom stereocenters. The normalized spacial score (nSPS) is 20.9. The van der Waals surface area contributed by atoms with Gasteiger partial charge >= 0.3 is 140 Å². The van der Waals surface area contributed by atoms with Gasteiger partial charge in [-0.25, -0.2) is 0 Å². The molecular weight excluding hydrogens is 335 g/mol. The van der Waals surface area contributed by atoms with Gasteiger partial charge in [0.05, 0.1) is 0 Å². The van der Waals surface area contributed by atoms with E-state index in [4.69, 9.17) is 0 Å². The molecule has 1 fully saturated rings. The number of nitrogens with zero attached hydrogens (tertiary/aromatic N) is 1. The van der Waals surface area contributed by atoms with Gasteiger partial charge in [0, 0.05) is 0 Å². The Hall–Kier alpha value is -1.28. The second-order valence-corrected chi connectivity index (χ2v) is 9.05. The molecule has 2 aromatic rings. The molecule has 0 amide bonds. The fourth-order valence-electron chi connectivity index (χ4n) is 3.07. The third-order valence-corrected chi connectivity index (χ3v) is 6.49. The van der Waals surface area contributed by atoms with Crippen molar-refractivity contribution < 1.29 is 0 Å². The molecular formula is C19H24N2Se. The van der Waals surface area contributed by atoms with Crippen molar-refractivity contribution in [3.63, 3.8) is 0 Å². The number of benzene rings is 2. The van der Waals surface area contributed by atoms with E-state index in [-0.39, 0.29) is 0 Å². The van der Waals surface area contributed by atoms with Gasteiger partial charge in [-0.3, -0.25) is 0 Å². The number of hydrazine groups is 1. The molecule has 0 bridgehead atoms. The van der Waals surface area contributed by atoms with Gasteiger partial charge in [0.25, 0.3) is 0 Å². The fraction of sp³-hybridized carbons (Fsp3) is 0.368. The first-order valence-corrected chi connectivity index (χ1v) is 9.95. The van der Waals surface area contributed by atoms with Crippen molar-refractivity contribution in [3.8, 4) is 0 Å². The number of nitrogens with one attached hydrogen (secondary N) is 1. The molecule has 2 nitrogen and oxygen atoms in total. The Kier molecular flexibility index (Phi) is 4.87. The zero-order chi connectivity index (χ0) is 15.4. The van der Waals surface area contributed by atoms with Crippen molar-refractivity contribution >= 4 is 25.1 Å². The summed E-state index contributed by atoms with van der Waals surface area (Å²) in [5.41, 5.74) is 5.21. The van der Waals surface area contributed by atoms with Gasteiger partial charge in [-0.15, -0.1) is 0 Å². The van der Waals surface area contributed by atoms with Gasteiger partial charge in [-0.05, 0) is 0 Å². The van der Waals surface area contributed by atoms with Crippen LogP contribution in [-0.4, -0.2) is 32.6 Å². The summed E-state index contributed by atoms with van der Waals surface area (Å²) in [5.74, 6) is 0. The molecule has 0 aromatic heterocycles. The van der Waals surface area contributed by atoms with Gasteiger partial charge in [0.2, 0.25) is 0 Å². The number of hydrogen-bond acceptors (Lipinski definition) is 2. The summed E-state index contributed by atoms with van der Waals surface area (Å²) < 4.78 is 1.50. The van der Waals surface area contributed by atoms with Crippen LogP contribution in [0.1, 0.15) is 20.3 Å². The molecule has 0 aliphatic carbocycles. The maximum atomic E-state index is 3.63. The summed E-state index contributed by atoms with van der Waals surface area (Å²) in [7, 11) is 0. The predicted octanol–water partition coefficient (Wildman–Crippen LogP) is 3.56. The molecule has 3 rings (SSSR count). The molecule has 3 heteroatoms. The maximum absolute atomic E-state index is 3.63. The van der Waals surface area contributed by atoms with E-state index < -0.39 is 0 Å². The van der Waals surface area contributed by atoms with Crippen molar-refractivity contribution in [2.75, 3.05) is 12.0 Å². The van der Waals surface area contributed by atoms with Crippen molar-refractivity contribution in [2.24, 2.45) is 5.41 Å². The molecule has 2 aromatic carbocycles. The van der Waals surface area contributed by atoms with Gasteiger partial charge in [-0.1, -0.05) is 0 Å². The SMILES string of the molecule is CC1(C)CC(C[Se]c2ccccc2)N(Nc2ccccc2)C1. The van der Waals surface area contributed by atoms with Gasteiger partial charge in [0.15, 0.2) is 0 Å². The van der Waals surface area contributed by atoms with Crippen LogP contribution in [0.5, 0.6) is 0 Å². The predicted molar refractivity (Wildman–Crippen MR) is 95.6 cm³/mol. The summed E-state index contributed by atoms with van der Waals surface area (Å²) in [6.45, 7) is 5.86. The van der Waals surface area contributed by atoms with Crippen LogP contribution >= 0.6 is 0 Å². The van der Waals surface area contributed by atoms with E-state index in [1.165, 1.54) is 21.9 Å². The summed E-state index contributed by atoms with van der Waals surface area (Å²) >= 11 is 0.545. The summed E-state index contributed by atoms with van der Waals surface area (Å²) in [4.78, 5) is 0.